The summed E-state index contributed by atoms with van der Waals surface area (Å²) < 4.78 is 4.28. The van der Waals surface area contributed by atoms with Crippen molar-refractivity contribution in [3.05, 3.63) is 30.6 Å². The van der Waals surface area contributed by atoms with E-state index < -0.39 is 0 Å². The number of hydrogen-bond donors (Lipinski definition) is 0. The first-order valence-electron chi connectivity index (χ1n) is 4.80. The molecular weight excluding hydrogens is 160 g/mol. The molecule has 0 spiro atoms. The molecule has 0 saturated carbocycles. The first kappa shape index (κ1) is 10.0. The average molecular weight is 179 g/mol. The highest BCUT2D eigenvalue weighted by atomic mass is 15.4. The topological polar surface area (TPSA) is 8.81 Å². The van der Waals surface area contributed by atoms with Crippen LogP contribution in [0, 0.1) is 5.92 Å². The van der Waals surface area contributed by atoms with Crippen LogP contribution in [0.15, 0.2) is 30.6 Å². The molecule has 72 valence electrons. The van der Waals surface area contributed by atoms with Crippen LogP contribution in [0.2, 0.25) is 0 Å². The Hall–Kier alpha value is -1.05. The summed E-state index contributed by atoms with van der Waals surface area (Å²) in [4.78, 5) is 0. The van der Waals surface area contributed by atoms with Crippen molar-refractivity contribution in [1.82, 2.24) is 4.68 Å². The van der Waals surface area contributed by atoms with Gasteiger partial charge in [-0.1, -0.05) is 26.0 Å². The number of aryl methyl sites for hydroxylation is 2. The molecule has 0 bridgehead atoms. The maximum absolute atomic E-state index is 4.06. The second-order valence-electron chi connectivity index (χ2n) is 3.79. The number of rotatable bonds is 4. The highest BCUT2D eigenvalue weighted by Gasteiger charge is 2.04. The van der Waals surface area contributed by atoms with E-state index >= 15 is 0 Å². The molecule has 0 radical (unpaired) electrons. The van der Waals surface area contributed by atoms with E-state index in [-0.39, 0.29) is 0 Å². The maximum Gasteiger partial charge on any atom is 0.195 e. The van der Waals surface area contributed by atoms with Crippen molar-refractivity contribution in [3.8, 4) is 0 Å². The maximum atomic E-state index is 4.06. The molecule has 0 N–H and O–H groups in total. The van der Waals surface area contributed by atoms with E-state index in [0.717, 1.165) is 13.0 Å². The molecule has 1 heterocycles. The van der Waals surface area contributed by atoms with Crippen LogP contribution in [-0.4, -0.2) is 4.68 Å². The van der Waals surface area contributed by atoms with Gasteiger partial charge in [0, 0.05) is 6.07 Å². The van der Waals surface area contributed by atoms with Crippen LogP contribution in [0.4, 0.5) is 0 Å². The third-order valence-electron chi connectivity index (χ3n) is 2.44. The summed E-state index contributed by atoms with van der Waals surface area (Å²) in [5, 5.41) is 0. The van der Waals surface area contributed by atoms with Gasteiger partial charge in [0.1, 0.15) is 0 Å². The Kier molecular flexibility index (Phi) is 3.29. The van der Waals surface area contributed by atoms with E-state index in [4.69, 9.17) is 0 Å². The quantitative estimate of drug-likeness (QED) is 0.493. The van der Waals surface area contributed by atoms with Gasteiger partial charge in [0.15, 0.2) is 13.2 Å². The lowest BCUT2D eigenvalue weighted by Gasteiger charge is -2.08. The number of allylic oxidation sites excluding steroid dienone is 1. The molecule has 0 saturated heterocycles. The molecule has 2 nitrogen and oxygen atoms in total. The summed E-state index contributed by atoms with van der Waals surface area (Å²) in [5.41, 5.74) is 1.33. The molecule has 2 heteroatoms. The van der Waals surface area contributed by atoms with Gasteiger partial charge in [0.2, 0.25) is 0 Å². The van der Waals surface area contributed by atoms with Gasteiger partial charge in [-0.05, 0) is 12.3 Å². The van der Waals surface area contributed by atoms with E-state index in [1.807, 2.05) is 0 Å². The van der Waals surface area contributed by atoms with Crippen LogP contribution < -0.4 is 4.68 Å². The summed E-state index contributed by atoms with van der Waals surface area (Å²) in [6.45, 7) is 9.47. The van der Waals surface area contributed by atoms with E-state index in [9.17, 15) is 0 Å². The lowest BCUT2D eigenvalue weighted by Crippen LogP contribution is -2.37. The summed E-state index contributed by atoms with van der Waals surface area (Å²) in [6, 6.07) is 2.05. The summed E-state index contributed by atoms with van der Waals surface area (Å²) in [7, 11) is 2.05. The molecule has 13 heavy (non-hydrogen) atoms. The molecule has 0 aliphatic carbocycles. The number of nitrogens with zero attached hydrogens (tertiary/aromatic N) is 2. The minimum absolute atomic E-state index is 0.598. The summed E-state index contributed by atoms with van der Waals surface area (Å²) in [5.74, 6) is 0.598. The lowest BCUT2D eigenvalue weighted by molar-refractivity contribution is -0.753. The van der Waals surface area contributed by atoms with Crippen LogP contribution in [0.5, 0.6) is 0 Å². The van der Waals surface area contributed by atoms with Gasteiger partial charge < -0.3 is 0 Å². The van der Waals surface area contributed by atoms with Crippen molar-refractivity contribution in [2.24, 2.45) is 13.0 Å². The SMILES string of the molecule is C=C(CCn1ccc[n+]1C)C(C)C. The zero-order valence-corrected chi connectivity index (χ0v) is 8.83. The predicted octanol–water partition coefficient (Wildman–Crippen LogP) is 1.91. The molecule has 0 unspecified atom stereocenters. The Morgan fingerprint density at radius 1 is 1.54 bits per heavy atom. The average Bonchev–Trinajstić information content (AvgIpc) is 2.47. The van der Waals surface area contributed by atoms with Gasteiger partial charge >= 0.3 is 0 Å². The molecule has 0 atom stereocenters. The fourth-order valence-corrected chi connectivity index (χ4v) is 1.23. The molecule has 0 aliphatic rings. The van der Waals surface area contributed by atoms with Gasteiger partial charge in [-0.3, -0.25) is 0 Å². The van der Waals surface area contributed by atoms with E-state index in [2.05, 4.69) is 55.3 Å². The molecule has 1 aromatic heterocycles. The van der Waals surface area contributed by atoms with Gasteiger partial charge in [-0.25, -0.2) is 0 Å². The standard InChI is InChI=1S/C11H19N2/c1-10(2)11(3)6-9-13-8-5-7-12(13)4/h5,7-8,10H,3,6,9H2,1-2,4H3/q+1. The lowest BCUT2D eigenvalue weighted by atomic mass is 10.0. The van der Waals surface area contributed by atoms with Crippen LogP contribution in [0.25, 0.3) is 0 Å². The van der Waals surface area contributed by atoms with Crippen LogP contribution in [0.3, 0.4) is 0 Å². The first-order chi connectivity index (χ1) is 6.11. The Balaban J connectivity index is 2.44. The molecule has 0 fully saturated rings. The Bertz CT molecular complexity index is 284. The number of aromatic nitrogens is 2. The second-order valence-corrected chi connectivity index (χ2v) is 3.79. The largest absolute Gasteiger partial charge is 0.195 e. The third-order valence-corrected chi connectivity index (χ3v) is 2.44. The summed E-state index contributed by atoms with van der Waals surface area (Å²) >= 11 is 0. The minimum Gasteiger partial charge on any atom is -0.161 e. The monoisotopic (exact) mass is 179 g/mol. The van der Waals surface area contributed by atoms with Gasteiger partial charge in [-0.2, -0.15) is 4.68 Å². The first-order valence-corrected chi connectivity index (χ1v) is 4.80. The van der Waals surface area contributed by atoms with Crippen molar-refractivity contribution in [2.45, 2.75) is 26.8 Å². The normalized spacial score (nSPS) is 10.8. The second kappa shape index (κ2) is 4.26. The van der Waals surface area contributed by atoms with Crippen molar-refractivity contribution in [3.63, 3.8) is 0 Å². The molecular formula is C11H19N2+. The zero-order chi connectivity index (χ0) is 9.84. The molecule has 1 rings (SSSR count). The minimum atomic E-state index is 0.598. The predicted molar refractivity (Wildman–Crippen MR) is 54.2 cm³/mol. The van der Waals surface area contributed by atoms with Crippen molar-refractivity contribution >= 4 is 0 Å². The van der Waals surface area contributed by atoms with Crippen molar-refractivity contribution in [2.75, 3.05) is 0 Å². The molecule has 0 aliphatic heterocycles. The Morgan fingerprint density at radius 2 is 2.23 bits per heavy atom. The molecule has 1 aromatic rings. The number of hydrogen-bond acceptors (Lipinski definition) is 0. The smallest absolute Gasteiger partial charge is 0.161 e. The fraction of sp³-hybridized carbons (Fsp3) is 0.545. The highest BCUT2D eigenvalue weighted by Crippen LogP contribution is 2.11. The summed E-state index contributed by atoms with van der Waals surface area (Å²) in [6.07, 6.45) is 5.21. The zero-order valence-electron chi connectivity index (χ0n) is 8.83. The van der Waals surface area contributed by atoms with Gasteiger partial charge in [-0.15, -0.1) is 4.68 Å². The van der Waals surface area contributed by atoms with Gasteiger partial charge in [0.05, 0.1) is 12.7 Å². The van der Waals surface area contributed by atoms with E-state index in [0.29, 0.717) is 5.92 Å². The highest BCUT2D eigenvalue weighted by molar-refractivity contribution is 4.96. The third kappa shape index (κ3) is 2.72. The van der Waals surface area contributed by atoms with Crippen LogP contribution in [0.1, 0.15) is 20.3 Å². The van der Waals surface area contributed by atoms with E-state index in [1.54, 1.807) is 0 Å². The Labute approximate surface area is 80.5 Å². The van der Waals surface area contributed by atoms with Gasteiger partial charge in [0.25, 0.3) is 0 Å². The fourth-order valence-electron chi connectivity index (χ4n) is 1.23. The van der Waals surface area contributed by atoms with Crippen molar-refractivity contribution < 1.29 is 4.68 Å². The molecule has 0 aromatic carbocycles. The van der Waals surface area contributed by atoms with E-state index in [1.165, 1.54) is 5.57 Å². The van der Waals surface area contributed by atoms with Crippen molar-refractivity contribution in [1.29, 1.82) is 0 Å². The Morgan fingerprint density at radius 3 is 2.69 bits per heavy atom. The van der Waals surface area contributed by atoms with Crippen LogP contribution >= 0.6 is 0 Å². The molecule has 0 amide bonds. The van der Waals surface area contributed by atoms with Crippen LogP contribution in [-0.2, 0) is 13.6 Å².